The minimum atomic E-state index is -0.234. The molecule has 1 atom stereocenters. The second kappa shape index (κ2) is 5.74. The van der Waals surface area contributed by atoms with E-state index in [0.717, 1.165) is 27.9 Å². The zero-order valence-electron chi connectivity index (χ0n) is 11.3. The standard InChI is InChI=1S/C14H17BrN2O2/c1-9(8-19-11(3)18)7-17-10(2)16-13-5-4-12(15)6-14(13)17/h4-6,9H,7-8H2,1-3H3/t9-/m1/s1. The normalized spacial score (nSPS) is 12.6. The van der Waals surface area contributed by atoms with Crippen LogP contribution in [0, 0.1) is 12.8 Å². The van der Waals surface area contributed by atoms with Crippen LogP contribution in [0.3, 0.4) is 0 Å². The van der Waals surface area contributed by atoms with Gasteiger partial charge in [-0.05, 0) is 25.1 Å². The number of nitrogens with zero attached hydrogens (tertiary/aromatic N) is 2. The molecule has 19 heavy (non-hydrogen) atoms. The van der Waals surface area contributed by atoms with Crippen molar-refractivity contribution in [3.8, 4) is 0 Å². The molecular weight excluding hydrogens is 308 g/mol. The highest BCUT2D eigenvalue weighted by molar-refractivity contribution is 9.10. The predicted octanol–water partition coefficient (Wildman–Crippen LogP) is 3.31. The van der Waals surface area contributed by atoms with Gasteiger partial charge in [-0.1, -0.05) is 22.9 Å². The first-order chi connectivity index (χ1) is 8.97. The largest absolute Gasteiger partial charge is 0.466 e. The second-order valence-electron chi connectivity index (χ2n) is 4.81. The highest BCUT2D eigenvalue weighted by Crippen LogP contribution is 2.22. The maximum Gasteiger partial charge on any atom is 0.302 e. The summed E-state index contributed by atoms with van der Waals surface area (Å²) in [5.74, 6) is 0.989. The summed E-state index contributed by atoms with van der Waals surface area (Å²) in [7, 11) is 0. The topological polar surface area (TPSA) is 44.1 Å². The van der Waals surface area contributed by atoms with Crippen molar-refractivity contribution in [2.75, 3.05) is 6.61 Å². The number of hydrogen-bond acceptors (Lipinski definition) is 3. The number of rotatable bonds is 4. The molecule has 0 aliphatic rings. The van der Waals surface area contributed by atoms with Gasteiger partial charge >= 0.3 is 5.97 Å². The molecular formula is C14H17BrN2O2. The predicted molar refractivity (Wildman–Crippen MR) is 78.0 cm³/mol. The van der Waals surface area contributed by atoms with Gasteiger partial charge in [0.15, 0.2) is 0 Å². The average molecular weight is 325 g/mol. The number of imidazole rings is 1. The molecule has 0 unspecified atom stereocenters. The number of benzene rings is 1. The van der Waals surface area contributed by atoms with Gasteiger partial charge in [-0.15, -0.1) is 0 Å². The number of carbonyl (C=O) groups is 1. The lowest BCUT2D eigenvalue weighted by Gasteiger charge is -2.14. The van der Waals surface area contributed by atoms with Crippen LogP contribution in [-0.4, -0.2) is 22.1 Å². The van der Waals surface area contributed by atoms with E-state index in [9.17, 15) is 4.79 Å². The number of fused-ring (bicyclic) bond motifs is 1. The quantitative estimate of drug-likeness (QED) is 0.810. The van der Waals surface area contributed by atoms with E-state index in [2.05, 4.69) is 38.5 Å². The van der Waals surface area contributed by atoms with Gasteiger partial charge in [0.1, 0.15) is 5.82 Å². The number of aromatic nitrogens is 2. The third-order valence-electron chi connectivity index (χ3n) is 2.97. The van der Waals surface area contributed by atoms with E-state index in [4.69, 9.17) is 4.74 Å². The third kappa shape index (κ3) is 3.35. The summed E-state index contributed by atoms with van der Waals surface area (Å²) in [6, 6.07) is 6.05. The Labute approximate surface area is 120 Å². The van der Waals surface area contributed by atoms with Crippen molar-refractivity contribution in [2.24, 2.45) is 5.92 Å². The van der Waals surface area contributed by atoms with Crippen LogP contribution in [0.5, 0.6) is 0 Å². The number of aryl methyl sites for hydroxylation is 1. The van der Waals surface area contributed by atoms with Crippen LogP contribution < -0.4 is 0 Å². The molecule has 1 aromatic heterocycles. The summed E-state index contributed by atoms with van der Waals surface area (Å²) in [5, 5.41) is 0. The van der Waals surface area contributed by atoms with E-state index in [0.29, 0.717) is 6.61 Å². The average Bonchev–Trinajstić information content (AvgIpc) is 2.63. The zero-order valence-corrected chi connectivity index (χ0v) is 12.9. The SMILES string of the molecule is CC(=O)OC[C@H](C)Cn1c(C)nc2ccc(Br)cc21. The molecule has 0 aliphatic heterocycles. The van der Waals surface area contributed by atoms with E-state index in [-0.39, 0.29) is 11.9 Å². The van der Waals surface area contributed by atoms with Crippen molar-refractivity contribution in [3.05, 3.63) is 28.5 Å². The Kier molecular flexibility index (Phi) is 4.24. The smallest absolute Gasteiger partial charge is 0.302 e. The molecule has 2 rings (SSSR count). The van der Waals surface area contributed by atoms with Crippen LogP contribution in [0.15, 0.2) is 22.7 Å². The Morgan fingerprint density at radius 2 is 2.26 bits per heavy atom. The molecule has 0 saturated carbocycles. The molecule has 0 spiro atoms. The van der Waals surface area contributed by atoms with Gasteiger partial charge in [-0.3, -0.25) is 4.79 Å². The molecule has 2 aromatic rings. The van der Waals surface area contributed by atoms with E-state index in [1.807, 2.05) is 19.1 Å². The van der Waals surface area contributed by atoms with Gasteiger partial charge in [-0.25, -0.2) is 4.98 Å². The van der Waals surface area contributed by atoms with Crippen molar-refractivity contribution in [2.45, 2.75) is 27.3 Å². The highest BCUT2D eigenvalue weighted by Gasteiger charge is 2.12. The van der Waals surface area contributed by atoms with Gasteiger partial charge in [0.2, 0.25) is 0 Å². The first-order valence-corrected chi connectivity index (χ1v) is 7.02. The van der Waals surface area contributed by atoms with Crippen molar-refractivity contribution >= 4 is 32.9 Å². The summed E-state index contributed by atoms with van der Waals surface area (Å²) in [6.07, 6.45) is 0. The molecule has 1 heterocycles. The number of esters is 1. The number of halogens is 1. The molecule has 5 heteroatoms. The van der Waals surface area contributed by atoms with Gasteiger partial charge in [0.25, 0.3) is 0 Å². The lowest BCUT2D eigenvalue weighted by molar-refractivity contribution is -0.142. The van der Waals surface area contributed by atoms with Crippen molar-refractivity contribution < 1.29 is 9.53 Å². The van der Waals surface area contributed by atoms with Crippen LogP contribution in [0.2, 0.25) is 0 Å². The summed E-state index contributed by atoms with van der Waals surface area (Å²) >= 11 is 3.48. The molecule has 0 fully saturated rings. The summed E-state index contributed by atoms with van der Waals surface area (Å²) in [4.78, 5) is 15.4. The molecule has 4 nitrogen and oxygen atoms in total. The Bertz CT molecular complexity index is 607. The fourth-order valence-corrected chi connectivity index (χ4v) is 2.42. The molecule has 1 aromatic carbocycles. The fraction of sp³-hybridized carbons (Fsp3) is 0.429. The minimum absolute atomic E-state index is 0.234. The third-order valence-corrected chi connectivity index (χ3v) is 3.46. The summed E-state index contributed by atoms with van der Waals surface area (Å²) in [5.41, 5.74) is 2.09. The number of ether oxygens (including phenoxy) is 1. The van der Waals surface area contributed by atoms with Gasteiger partial charge < -0.3 is 9.30 Å². The molecule has 0 radical (unpaired) electrons. The van der Waals surface area contributed by atoms with Crippen LogP contribution in [0.1, 0.15) is 19.7 Å². The molecule has 0 bridgehead atoms. The van der Waals surface area contributed by atoms with Crippen LogP contribution in [0.4, 0.5) is 0 Å². The number of hydrogen-bond donors (Lipinski definition) is 0. The summed E-state index contributed by atoms with van der Waals surface area (Å²) < 4.78 is 8.24. The first-order valence-electron chi connectivity index (χ1n) is 6.23. The van der Waals surface area contributed by atoms with E-state index in [1.165, 1.54) is 6.92 Å². The fourth-order valence-electron chi connectivity index (χ4n) is 2.07. The molecule has 0 N–H and O–H groups in total. The van der Waals surface area contributed by atoms with E-state index >= 15 is 0 Å². The first kappa shape index (κ1) is 14.1. The molecule has 0 aliphatic carbocycles. The zero-order chi connectivity index (χ0) is 14.0. The Balaban J connectivity index is 2.22. The van der Waals surface area contributed by atoms with Crippen molar-refractivity contribution in [1.82, 2.24) is 9.55 Å². The van der Waals surface area contributed by atoms with E-state index in [1.54, 1.807) is 0 Å². The monoisotopic (exact) mass is 324 g/mol. The van der Waals surface area contributed by atoms with Crippen molar-refractivity contribution in [3.63, 3.8) is 0 Å². The van der Waals surface area contributed by atoms with Gasteiger partial charge in [-0.2, -0.15) is 0 Å². The number of carbonyl (C=O) groups excluding carboxylic acids is 1. The molecule has 0 amide bonds. The maximum absolute atomic E-state index is 10.8. The van der Waals surface area contributed by atoms with Crippen LogP contribution in [0.25, 0.3) is 11.0 Å². The van der Waals surface area contributed by atoms with Gasteiger partial charge in [0.05, 0.1) is 17.6 Å². The highest BCUT2D eigenvalue weighted by atomic mass is 79.9. The molecule has 0 saturated heterocycles. The lowest BCUT2D eigenvalue weighted by atomic mass is 10.2. The molecule has 102 valence electrons. The maximum atomic E-state index is 10.8. The van der Waals surface area contributed by atoms with E-state index < -0.39 is 0 Å². The Hall–Kier alpha value is -1.36. The Morgan fingerprint density at radius 1 is 1.53 bits per heavy atom. The van der Waals surface area contributed by atoms with Crippen LogP contribution in [-0.2, 0) is 16.1 Å². The lowest BCUT2D eigenvalue weighted by Crippen LogP contribution is -2.16. The van der Waals surface area contributed by atoms with Crippen LogP contribution >= 0.6 is 15.9 Å². The van der Waals surface area contributed by atoms with Gasteiger partial charge in [0, 0.05) is 23.9 Å². The summed E-state index contributed by atoms with van der Waals surface area (Å²) in [6.45, 7) is 6.70. The minimum Gasteiger partial charge on any atom is -0.466 e. The second-order valence-corrected chi connectivity index (χ2v) is 5.73. The Morgan fingerprint density at radius 3 is 2.95 bits per heavy atom. The van der Waals surface area contributed by atoms with Crippen molar-refractivity contribution in [1.29, 1.82) is 0 Å².